The molecule has 0 aromatic heterocycles. The number of nitrogens with one attached hydrogen (secondary N) is 1. The second-order valence-corrected chi connectivity index (χ2v) is 7.48. The lowest BCUT2D eigenvalue weighted by atomic mass is 9.97. The van der Waals surface area contributed by atoms with Crippen molar-refractivity contribution in [1.82, 2.24) is 0 Å². The Morgan fingerprint density at radius 2 is 1.81 bits per heavy atom. The Morgan fingerprint density at radius 1 is 1.11 bits per heavy atom. The highest BCUT2D eigenvalue weighted by molar-refractivity contribution is 6.03. The fourth-order valence-electron chi connectivity index (χ4n) is 2.79. The van der Waals surface area contributed by atoms with Gasteiger partial charge < -0.3 is 15.2 Å². The highest BCUT2D eigenvalue weighted by Gasteiger charge is 2.26. The predicted molar refractivity (Wildman–Crippen MR) is 111 cm³/mol. The maximum absolute atomic E-state index is 13.2. The van der Waals surface area contributed by atoms with Crippen LogP contribution in [0.4, 0.5) is 5.69 Å². The van der Waals surface area contributed by atoms with Gasteiger partial charge >= 0.3 is 0 Å². The molecule has 0 aliphatic rings. The number of ether oxygens (including phenoxy) is 1. The second-order valence-electron chi connectivity index (χ2n) is 7.48. The number of para-hydroxylation sites is 1. The molecule has 0 amide bonds. The lowest BCUT2D eigenvalue weighted by Gasteiger charge is -2.27. The average molecular weight is 370 g/mol. The maximum atomic E-state index is 13.2. The zero-order chi connectivity index (χ0) is 19.9. The van der Waals surface area contributed by atoms with Crippen LogP contribution in [-0.4, -0.2) is 29.1 Å². The Kier molecular flexibility index (Phi) is 7.43. The number of phenolic OH excluding ortho intramolecular Hbond substituents is 1. The molecule has 0 saturated carbocycles. The summed E-state index contributed by atoms with van der Waals surface area (Å²) in [7, 11) is 0. The number of carbonyl (C=O) groups is 1. The van der Waals surface area contributed by atoms with Gasteiger partial charge in [0.1, 0.15) is 11.9 Å². The van der Waals surface area contributed by atoms with Gasteiger partial charge in [-0.05, 0) is 44.4 Å². The lowest BCUT2D eigenvalue weighted by molar-refractivity contribution is 0.0411. The molecule has 2 rings (SSSR count). The Bertz CT molecular complexity index is 741. The van der Waals surface area contributed by atoms with Gasteiger partial charge in [0, 0.05) is 18.6 Å². The van der Waals surface area contributed by atoms with Gasteiger partial charge in [0.25, 0.3) is 0 Å². The van der Waals surface area contributed by atoms with Crippen LogP contribution in [0.2, 0.25) is 0 Å². The van der Waals surface area contributed by atoms with Gasteiger partial charge in [0.15, 0.2) is 5.78 Å². The molecule has 146 valence electrons. The standard InChI is InChI=1S/C23H31NO3/c1-5-15-27-20(16-17-11-8-7-9-12-17)22(26)18-13-10-14-19(21(18)25)24-23(3,4)6-2/h7-14,20,24-25H,5-6,15-16H2,1-4H3. The number of aromatic hydroxyl groups is 1. The first-order chi connectivity index (χ1) is 12.9. The van der Waals surface area contributed by atoms with Crippen LogP contribution >= 0.6 is 0 Å². The van der Waals surface area contributed by atoms with E-state index in [2.05, 4.69) is 26.1 Å². The number of carbonyl (C=O) groups excluding carboxylic acids is 1. The van der Waals surface area contributed by atoms with Crippen molar-refractivity contribution in [3.05, 3.63) is 59.7 Å². The molecule has 4 heteroatoms. The van der Waals surface area contributed by atoms with E-state index in [0.717, 1.165) is 18.4 Å². The summed E-state index contributed by atoms with van der Waals surface area (Å²) in [5.41, 5.74) is 1.72. The van der Waals surface area contributed by atoms with E-state index < -0.39 is 6.10 Å². The first-order valence-electron chi connectivity index (χ1n) is 9.68. The largest absolute Gasteiger partial charge is 0.505 e. The van der Waals surface area contributed by atoms with Crippen molar-refractivity contribution >= 4 is 11.5 Å². The van der Waals surface area contributed by atoms with Crippen molar-refractivity contribution < 1.29 is 14.6 Å². The molecule has 0 bridgehead atoms. The Balaban J connectivity index is 2.28. The van der Waals surface area contributed by atoms with Crippen molar-refractivity contribution in [2.24, 2.45) is 0 Å². The Hall–Kier alpha value is -2.33. The zero-order valence-corrected chi connectivity index (χ0v) is 16.8. The van der Waals surface area contributed by atoms with Crippen molar-refractivity contribution in [1.29, 1.82) is 0 Å². The Labute approximate surface area is 162 Å². The molecule has 0 radical (unpaired) electrons. The summed E-state index contributed by atoms with van der Waals surface area (Å²) in [6.07, 6.45) is 1.59. The van der Waals surface area contributed by atoms with E-state index in [1.165, 1.54) is 0 Å². The summed E-state index contributed by atoms with van der Waals surface area (Å²) in [4.78, 5) is 13.2. The molecule has 0 spiro atoms. The van der Waals surface area contributed by atoms with E-state index in [0.29, 0.717) is 24.3 Å². The van der Waals surface area contributed by atoms with Crippen LogP contribution in [0.25, 0.3) is 0 Å². The SMILES string of the molecule is CCCOC(Cc1ccccc1)C(=O)c1cccc(NC(C)(C)CC)c1O. The number of hydrogen-bond acceptors (Lipinski definition) is 4. The van der Waals surface area contributed by atoms with E-state index in [4.69, 9.17) is 4.74 Å². The third-order valence-corrected chi connectivity index (χ3v) is 4.74. The summed E-state index contributed by atoms with van der Waals surface area (Å²) >= 11 is 0. The fourth-order valence-corrected chi connectivity index (χ4v) is 2.79. The molecule has 0 saturated heterocycles. The van der Waals surface area contributed by atoms with Gasteiger partial charge in [-0.3, -0.25) is 4.79 Å². The minimum Gasteiger partial charge on any atom is -0.505 e. The van der Waals surface area contributed by atoms with Gasteiger partial charge in [-0.25, -0.2) is 0 Å². The van der Waals surface area contributed by atoms with Gasteiger partial charge in [-0.15, -0.1) is 0 Å². The zero-order valence-electron chi connectivity index (χ0n) is 16.8. The molecule has 2 aromatic rings. The van der Waals surface area contributed by atoms with Gasteiger partial charge in [-0.1, -0.05) is 50.2 Å². The quantitative estimate of drug-likeness (QED) is 0.446. The minimum atomic E-state index is -0.618. The summed E-state index contributed by atoms with van der Waals surface area (Å²) in [5, 5.41) is 14.0. The van der Waals surface area contributed by atoms with Gasteiger partial charge in [0.05, 0.1) is 11.3 Å². The van der Waals surface area contributed by atoms with Gasteiger partial charge in [0.2, 0.25) is 0 Å². The normalized spacial score (nSPS) is 12.6. The number of benzene rings is 2. The molecule has 27 heavy (non-hydrogen) atoms. The predicted octanol–water partition coefficient (Wildman–Crippen LogP) is 5.21. The summed E-state index contributed by atoms with van der Waals surface area (Å²) in [6.45, 7) is 8.71. The van der Waals surface area contributed by atoms with E-state index in [9.17, 15) is 9.90 Å². The van der Waals surface area contributed by atoms with E-state index in [-0.39, 0.29) is 17.1 Å². The number of phenols is 1. The Morgan fingerprint density at radius 3 is 2.44 bits per heavy atom. The minimum absolute atomic E-state index is 0.0119. The first kappa shape index (κ1) is 21.0. The summed E-state index contributed by atoms with van der Waals surface area (Å²) in [5.74, 6) is -0.204. The van der Waals surface area contributed by atoms with Crippen LogP contribution in [0, 0.1) is 0 Å². The van der Waals surface area contributed by atoms with Crippen LogP contribution in [0.1, 0.15) is 56.5 Å². The van der Waals surface area contributed by atoms with E-state index in [1.54, 1.807) is 18.2 Å². The van der Waals surface area contributed by atoms with Crippen LogP contribution < -0.4 is 5.32 Å². The number of ketones is 1. The molecule has 4 nitrogen and oxygen atoms in total. The number of hydrogen-bond donors (Lipinski definition) is 2. The molecule has 0 aliphatic carbocycles. The third kappa shape index (κ3) is 5.83. The molecular formula is C23H31NO3. The van der Waals surface area contributed by atoms with Crippen LogP contribution in [0.15, 0.2) is 48.5 Å². The average Bonchev–Trinajstić information content (AvgIpc) is 2.67. The molecule has 0 fully saturated rings. The molecule has 1 atom stereocenters. The lowest BCUT2D eigenvalue weighted by Crippen LogP contribution is -2.30. The summed E-state index contributed by atoms with van der Waals surface area (Å²) in [6, 6.07) is 15.1. The number of anilines is 1. The molecule has 0 aliphatic heterocycles. The summed E-state index contributed by atoms with van der Waals surface area (Å²) < 4.78 is 5.85. The number of rotatable bonds is 10. The van der Waals surface area contributed by atoms with Crippen molar-refractivity contribution in [3.63, 3.8) is 0 Å². The molecular weight excluding hydrogens is 338 g/mol. The highest BCUT2D eigenvalue weighted by atomic mass is 16.5. The van der Waals surface area contributed by atoms with Gasteiger partial charge in [-0.2, -0.15) is 0 Å². The van der Waals surface area contributed by atoms with Crippen LogP contribution in [0.3, 0.4) is 0 Å². The van der Waals surface area contributed by atoms with Crippen molar-refractivity contribution in [2.75, 3.05) is 11.9 Å². The maximum Gasteiger partial charge on any atom is 0.195 e. The molecule has 0 heterocycles. The second kappa shape index (κ2) is 9.56. The van der Waals surface area contributed by atoms with Crippen LogP contribution in [0.5, 0.6) is 5.75 Å². The molecule has 1 unspecified atom stereocenters. The molecule has 2 N–H and O–H groups in total. The smallest absolute Gasteiger partial charge is 0.195 e. The van der Waals surface area contributed by atoms with Crippen molar-refractivity contribution in [3.8, 4) is 5.75 Å². The number of Topliss-reactive ketones (excluding diaryl/α,β-unsaturated/α-hetero) is 1. The first-order valence-corrected chi connectivity index (χ1v) is 9.68. The third-order valence-electron chi connectivity index (χ3n) is 4.74. The molecule has 2 aromatic carbocycles. The van der Waals surface area contributed by atoms with Crippen LogP contribution in [-0.2, 0) is 11.2 Å². The van der Waals surface area contributed by atoms with E-state index >= 15 is 0 Å². The topological polar surface area (TPSA) is 58.6 Å². The van der Waals surface area contributed by atoms with Crippen molar-refractivity contribution in [2.45, 2.75) is 58.6 Å². The fraction of sp³-hybridized carbons (Fsp3) is 0.435. The van der Waals surface area contributed by atoms with E-state index in [1.807, 2.05) is 37.3 Å². The monoisotopic (exact) mass is 369 g/mol. The highest BCUT2D eigenvalue weighted by Crippen LogP contribution is 2.32.